The van der Waals surface area contributed by atoms with Gasteiger partial charge in [-0.15, -0.1) is 0 Å². The topological polar surface area (TPSA) is 97.8 Å². The van der Waals surface area contributed by atoms with Gasteiger partial charge in [-0.3, -0.25) is 9.59 Å². The van der Waals surface area contributed by atoms with Gasteiger partial charge in [-0.05, 0) is 49.6 Å². The molecule has 0 radical (unpaired) electrons. The molecule has 1 aliphatic heterocycles. The third-order valence-corrected chi connectivity index (χ3v) is 5.53. The average Bonchev–Trinajstić information content (AvgIpc) is 3.54. The normalized spacial score (nSPS) is 16.0. The predicted molar refractivity (Wildman–Crippen MR) is 121 cm³/mol. The van der Waals surface area contributed by atoms with Crippen LogP contribution in [0.2, 0.25) is 0 Å². The van der Waals surface area contributed by atoms with Crippen molar-refractivity contribution in [2.24, 2.45) is 0 Å². The lowest BCUT2D eigenvalue weighted by atomic mass is 9.95. The molecule has 0 bridgehead atoms. The molecule has 3 aromatic rings. The number of aliphatic hydroxyl groups is 1. The molecule has 33 heavy (non-hydrogen) atoms. The largest absolute Gasteiger partial charge is 0.503 e. The van der Waals surface area contributed by atoms with Crippen molar-refractivity contribution in [1.29, 1.82) is 0 Å². The van der Waals surface area contributed by atoms with Gasteiger partial charge in [0.15, 0.2) is 11.5 Å². The SMILES string of the molecule is CCCOc1cccc(C2C(C(=O)c3ccc(C)o3)=C(O)C(=O)N2CCCn2ccnc2)c1. The Morgan fingerprint density at radius 3 is 2.79 bits per heavy atom. The van der Waals surface area contributed by atoms with Crippen LogP contribution in [0.1, 0.15) is 47.7 Å². The van der Waals surface area contributed by atoms with E-state index in [0.717, 1.165) is 6.42 Å². The fraction of sp³-hybridized carbons (Fsp3) is 0.320. The molecule has 0 saturated carbocycles. The number of imidazole rings is 1. The highest BCUT2D eigenvalue weighted by molar-refractivity contribution is 6.15. The number of ether oxygens (including phenoxy) is 1. The van der Waals surface area contributed by atoms with Crippen LogP contribution in [0.4, 0.5) is 0 Å². The fourth-order valence-corrected chi connectivity index (χ4v) is 3.99. The fourth-order valence-electron chi connectivity index (χ4n) is 3.99. The van der Waals surface area contributed by atoms with E-state index in [9.17, 15) is 14.7 Å². The van der Waals surface area contributed by atoms with Gasteiger partial charge in [-0.2, -0.15) is 0 Å². The number of aromatic nitrogens is 2. The highest BCUT2D eigenvalue weighted by atomic mass is 16.5. The van der Waals surface area contributed by atoms with Gasteiger partial charge >= 0.3 is 0 Å². The van der Waals surface area contributed by atoms with Gasteiger partial charge in [-0.1, -0.05) is 19.1 Å². The Hall–Kier alpha value is -3.81. The van der Waals surface area contributed by atoms with Gasteiger partial charge in [-0.25, -0.2) is 4.98 Å². The molecule has 0 saturated heterocycles. The van der Waals surface area contributed by atoms with E-state index >= 15 is 0 Å². The molecule has 172 valence electrons. The van der Waals surface area contributed by atoms with Gasteiger partial charge in [0, 0.05) is 25.5 Å². The molecule has 1 unspecified atom stereocenters. The summed E-state index contributed by atoms with van der Waals surface area (Å²) in [7, 11) is 0. The van der Waals surface area contributed by atoms with E-state index in [0.29, 0.717) is 43.2 Å². The monoisotopic (exact) mass is 449 g/mol. The summed E-state index contributed by atoms with van der Waals surface area (Å²) < 4.78 is 13.2. The van der Waals surface area contributed by atoms with E-state index in [1.54, 1.807) is 31.6 Å². The van der Waals surface area contributed by atoms with Crippen molar-refractivity contribution < 1.29 is 23.8 Å². The van der Waals surface area contributed by atoms with Crippen LogP contribution in [-0.4, -0.2) is 44.4 Å². The molecule has 1 amide bonds. The number of amides is 1. The van der Waals surface area contributed by atoms with Crippen LogP contribution in [-0.2, 0) is 11.3 Å². The number of aliphatic hydroxyl groups excluding tert-OH is 1. The molecule has 1 aliphatic rings. The second-order valence-electron chi connectivity index (χ2n) is 7.98. The Morgan fingerprint density at radius 1 is 1.24 bits per heavy atom. The van der Waals surface area contributed by atoms with E-state index in [1.165, 1.54) is 4.90 Å². The molecule has 1 N–H and O–H groups in total. The minimum absolute atomic E-state index is 0.0182. The Bertz CT molecular complexity index is 1160. The first kappa shape index (κ1) is 22.4. The van der Waals surface area contributed by atoms with Crippen molar-refractivity contribution in [2.75, 3.05) is 13.2 Å². The van der Waals surface area contributed by atoms with Gasteiger partial charge in [0.05, 0.1) is 24.5 Å². The number of hydrogen-bond donors (Lipinski definition) is 1. The van der Waals surface area contributed by atoms with Crippen LogP contribution in [0.25, 0.3) is 0 Å². The Kier molecular flexibility index (Phi) is 6.63. The number of carbonyl (C=O) groups excluding carboxylic acids is 2. The van der Waals surface area contributed by atoms with Crippen LogP contribution in [0, 0.1) is 6.92 Å². The molecule has 1 aromatic carbocycles. The van der Waals surface area contributed by atoms with Gasteiger partial charge in [0.1, 0.15) is 11.5 Å². The van der Waals surface area contributed by atoms with E-state index < -0.39 is 23.5 Å². The number of rotatable bonds is 10. The summed E-state index contributed by atoms with van der Waals surface area (Å²) >= 11 is 0. The van der Waals surface area contributed by atoms with Crippen LogP contribution < -0.4 is 4.74 Å². The van der Waals surface area contributed by atoms with E-state index in [-0.39, 0.29) is 11.3 Å². The third-order valence-electron chi connectivity index (χ3n) is 5.53. The number of hydrogen-bond acceptors (Lipinski definition) is 6. The van der Waals surface area contributed by atoms with Crippen molar-refractivity contribution in [2.45, 2.75) is 39.3 Å². The van der Waals surface area contributed by atoms with Crippen LogP contribution in [0.15, 0.2) is 70.9 Å². The lowest BCUT2D eigenvalue weighted by Gasteiger charge is -2.27. The zero-order valence-corrected chi connectivity index (χ0v) is 18.7. The van der Waals surface area contributed by atoms with Crippen LogP contribution in [0.5, 0.6) is 5.75 Å². The number of nitrogens with zero attached hydrogens (tertiary/aromatic N) is 3. The lowest BCUT2D eigenvalue weighted by molar-refractivity contribution is -0.129. The molecule has 0 spiro atoms. The Balaban J connectivity index is 1.67. The van der Waals surface area contributed by atoms with Gasteiger partial charge in [0.25, 0.3) is 5.91 Å². The molecule has 4 rings (SSSR count). The second-order valence-corrected chi connectivity index (χ2v) is 7.98. The quantitative estimate of drug-likeness (QED) is 0.465. The lowest BCUT2D eigenvalue weighted by Crippen LogP contribution is -2.32. The van der Waals surface area contributed by atoms with Crippen molar-refractivity contribution in [3.63, 3.8) is 0 Å². The summed E-state index contributed by atoms with van der Waals surface area (Å²) in [5.41, 5.74) is 0.708. The third kappa shape index (κ3) is 4.69. The number of Topliss-reactive ketones (excluding diaryl/α,β-unsaturated/α-hetero) is 1. The molecule has 0 fully saturated rings. The summed E-state index contributed by atoms with van der Waals surface area (Å²) in [5, 5.41) is 10.8. The first-order valence-corrected chi connectivity index (χ1v) is 11.0. The summed E-state index contributed by atoms with van der Waals surface area (Å²) in [5.74, 6) is -0.307. The van der Waals surface area contributed by atoms with E-state index in [1.807, 2.05) is 42.0 Å². The van der Waals surface area contributed by atoms with Crippen molar-refractivity contribution in [1.82, 2.24) is 14.5 Å². The number of ketones is 1. The maximum absolute atomic E-state index is 13.3. The summed E-state index contributed by atoms with van der Waals surface area (Å²) in [6.45, 7) is 5.31. The average molecular weight is 450 g/mol. The maximum Gasteiger partial charge on any atom is 0.290 e. The Labute approximate surface area is 192 Å². The molecule has 0 aliphatic carbocycles. The molecule has 8 heteroatoms. The van der Waals surface area contributed by atoms with Crippen LogP contribution in [0.3, 0.4) is 0 Å². The highest BCUT2D eigenvalue weighted by Gasteiger charge is 2.44. The molecule has 3 heterocycles. The maximum atomic E-state index is 13.3. The number of benzene rings is 1. The van der Waals surface area contributed by atoms with Crippen LogP contribution >= 0.6 is 0 Å². The molecule has 8 nitrogen and oxygen atoms in total. The van der Waals surface area contributed by atoms with E-state index in [2.05, 4.69) is 4.98 Å². The highest BCUT2D eigenvalue weighted by Crippen LogP contribution is 2.40. The van der Waals surface area contributed by atoms with Crippen molar-refractivity contribution in [3.05, 3.63) is 83.5 Å². The Morgan fingerprint density at radius 2 is 2.09 bits per heavy atom. The second kappa shape index (κ2) is 9.77. The molecular weight excluding hydrogens is 422 g/mol. The number of furan rings is 1. The van der Waals surface area contributed by atoms with E-state index in [4.69, 9.17) is 9.15 Å². The van der Waals surface area contributed by atoms with Gasteiger partial charge < -0.3 is 23.7 Å². The molecular formula is C25H27N3O5. The minimum atomic E-state index is -0.747. The first-order chi connectivity index (χ1) is 16.0. The smallest absolute Gasteiger partial charge is 0.290 e. The zero-order chi connectivity index (χ0) is 23.4. The first-order valence-electron chi connectivity index (χ1n) is 11.0. The van der Waals surface area contributed by atoms with Crippen molar-refractivity contribution in [3.8, 4) is 5.75 Å². The van der Waals surface area contributed by atoms with Gasteiger partial charge in [0.2, 0.25) is 5.78 Å². The molecule has 2 aromatic heterocycles. The zero-order valence-electron chi connectivity index (χ0n) is 18.7. The van der Waals surface area contributed by atoms with Crippen molar-refractivity contribution >= 4 is 11.7 Å². The standard InChI is InChI=1S/C25H27N3O5/c1-3-14-32-19-7-4-6-18(15-19)22-21(23(29)20-9-8-17(2)33-20)24(30)25(31)28(22)12-5-11-27-13-10-26-16-27/h4,6-10,13,15-16,22,30H,3,5,11-12,14H2,1-2H3. The number of aryl methyl sites for hydroxylation is 2. The molecule has 1 atom stereocenters. The minimum Gasteiger partial charge on any atom is -0.503 e. The summed E-state index contributed by atoms with van der Waals surface area (Å²) in [6.07, 6.45) is 6.73. The summed E-state index contributed by atoms with van der Waals surface area (Å²) in [6, 6.07) is 9.79. The summed E-state index contributed by atoms with van der Waals surface area (Å²) in [4.78, 5) is 32.0. The predicted octanol–water partition coefficient (Wildman–Crippen LogP) is 4.24. The number of carbonyl (C=O) groups is 2.